The van der Waals surface area contributed by atoms with E-state index in [1.54, 1.807) is 0 Å². The van der Waals surface area contributed by atoms with Crippen LogP contribution in [-0.4, -0.2) is 76.9 Å². The first-order valence-electron chi connectivity index (χ1n) is 12.2. The zero-order valence-electron chi connectivity index (χ0n) is 19.9. The third-order valence-electron chi connectivity index (χ3n) is 5.55. The highest BCUT2D eigenvalue weighted by atomic mass is 32.3. The van der Waals surface area contributed by atoms with E-state index in [2.05, 4.69) is 16.4 Å². The highest BCUT2D eigenvalue weighted by molar-refractivity contribution is 7.80. The van der Waals surface area contributed by atoms with Crippen molar-refractivity contribution in [2.45, 2.75) is 121 Å². The van der Waals surface area contributed by atoms with E-state index in [-0.39, 0.29) is 6.54 Å². The normalized spacial score (nSPS) is 15.7. The highest BCUT2D eigenvalue weighted by Gasteiger charge is 2.34. The van der Waals surface area contributed by atoms with Crippen LogP contribution in [0, 0.1) is 0 Å². The zero-order chi connectivity index (χ0) is 25.1. The van der Waals surface area contributed by atoms with Crippen LogP contribution in [0.4, 0.5) is 0 Å². The molecule has 5 N–H and O–H groups in total. The van der Waals surface area contributed by atoms with E-state index in [0.717, 1.165) is 19.3 Å². The van der Waals surface area contributed by atoms with Crippen molar-refractivity contribution in [1.29, 1.82) is 0 Å². The fourth-order valence-corrected chi connectivity index (χ4v) is 3.76. The van der Waals surface area contributed by atoms with Gasteiger partial charge in [-0.05, 0) is 6.42 Å². The van der Waals surface area contributed by atoms with Crippen molar-refractivity contribution in [2.75, 3.05) is 13.2 Å². The molecule has 0 rings (SSSR count). The molecule has 0 aromatic carbocycles. The number of hydrogen-bond acceptors (Lipinski definition) is 9. The van der Waals surface area contributed by atoms with Crippen LogP contribution in [-0.2, 0) is 19.4 Å². The van der Waals surface area contributed by atoms with Crippen LogP contribution in [0.1, 0.15) is 96.8 Å². The minimum absolute atomic E-state index is 0.289. The van der Waals surface area contributed by atoms with Crippen LogP contribution in [0.5, 0.6) is 0 Å². The summed E-state index contributed by atoms with van der Waals surface area (Å²) in [6.07, 6.45) is 8.64. The molecule has 0 fully saturated rings. The van der Waals surface area contributed by atoms with Gasteiger partial charge in [0, 0.05) is 6.54 Å². The Morgan fingerprint density at radius 1 is 0.788 bits per heavy atom. The lowest BCUT2D eigenvalue weighted by atomic mass is 10.0. The molecule has 0 bridgehead atoms. The lowest BCUT2D eigenvalue weighted by Crippen LogP contribution is -2.52. The second-order valence-electron chi connectivity index (χ2n) is 8.57. The second kappa shape index (κ2) is 19.5. The molecule has 0 radical (unpaired) electrons. The first kappa shape index (κ1) is 32.2. The summed E-state index contributed by atoms with van der Waals surface area (Å²) < 4.78 is 34.8. The lowest BCUT2D eigenvalue weighted by Gasteiger charge is -2.26. The van der Waals surface area contributed by atoms with Crippen LogP contribution in [0.2, 0.25) is 0 Å². The van der Waals surface area contributed by atoms with Crippen molar-refractivity contribution in [2.24, 2.45) is 0 Å². The third kappa shape index (κ3) is 18.2. The zero-order valence-corrected chi connectivity index (χ0v) is 20.7. The van der Waals surface area contributed by atoms with Crippen molar-refractivity contribution in [3.05, 3.63) is 0 Å². The van der Waals surface area contributed by atoms with Crippen LogP contribution >= 0.6 is 0 Å². The molecule has 10 nitrogen and oxygen atoms in total. The highest BCUT2D eigenvalue weighted by Crippen LogP contribution is 2.13. The van der Waals surface area contributed by atoms with E-state index in [1.165, 1.54) is 64.2 Å². The number of rotatable bonds is 22. The molecule has 0 aliphatic carbocycles. The first-order valence-corrected chi connectivity index (χ1v) is 13.5. The smallest absolute Gasteiger partial charge is 0.251 e. The summed E-state index contributed by atoms with van der Waals surface area (Å²) in [5, 5.41) is 41.2. The summed E-state index contributed by atoms with van der Waals surface area (Å²) in [7, 11) is -5.09. The molecule has 198 valence electrons. The van der Waals surface area contributed by atoms with Gasteiger partial charge in [0.1, 0.15) is 18.3 Å². The molecule has 0 heterocycles. The number of carbonyl (C=O) groups excluding carboxylic acids is 1. The summed E-state index contributed by atoms with van der Waals surface area (Å²) in [4.78, 5) is 11.9. The summed E-state index contributed by atoms with van der Waals surface area (Å²) in [5.41, 5.74) is 0. The standard InChI is InChI=1S/C22H45NO9S/c1-2-3-4-5-6-7-8-9-10-11-12-13-14-15-16-23-22(28)21(27)20(26)19(25)18(24)17-32-33(29,30)31/h18-21,24-27H,2-17H2,1H3,(H,23,28)(H,29,30,31)/p-1/t18-,19-,20+,21-/m1/s1. The van der Waals surface area contributed by atoms with E-state index in [1.807, 2.05) is 0 Å². The lowest BCUT2D eigenvalue weighted by molar-refractivity contribution is -0.148. The minimum atomic E-state index is -5.09. The molecule has 0 saturated carbocycles. The molecule has 0 aromatic heterocycles. The molecule has 0 spiro atoms. The molecule has 0 aliphatic rings. The fourth-order valence-electron chi connectivity index (χ4n) is 3.46. The first-order chi connectivity index (χ1) is 15.6. The Kier molecular flexibility index (Phi) is 19.0. The molecule has 1 amide bonds. The summed E-state index contributed by atoms with van der Waals surface area (Å²) in [6, 6.07) is 0. The Labute approximate surface area is 198 Å². The predicted octanol–water partition coefficient (Wildman–Crippen LogP) is 1.50. The molecule has 4 atom stereocenters. The quantitative estimate of drug-likeness (QED) is 0.0841. The molecular formula is C22H44NO9S-. The van der Waals surface area contributed by atoms with E-state index >= 15 is 0 Å². The number of unbranched alkanes of at least 4 members (excludes halogenated alkanes) is 13. The Balaban J connectivity index is 3.73. The Bertz CT molecular complexity index is 588. The molecule has 0 saturated heterocycles. The average molecular weight is 499 g/mol. The largest absolute Gasteiger partial charge is 0.726 e. The van der Waals surface area contributed by atoms with Crippen LogP contribution < -0.4 is 5.32 Å². The molecule has 0 unspecified atom stereocenters. The van der Waals surface area contributed by atoms with Crippen LogP contribution in [0.15, 0.2) is 0 Å². The van der Waals surface area contributed by atoms with E-state index in [9.17, 15) is 38.2 Å². The van der Waals surface area contributed by atoms with Gasteiger partial charge in [-0.25, -0.2) is 8.42 Å². The van der Waals surface area contributed by atoms with Crippen molar-refractivity contribution < 1.29 is 42.4 Å². The van der Waals surface area contributed by atoms with Crippen LogP contribution in [0.25, 0.3) is 0 Å². The van der Waals surface area contributed by atoms with Crippen molar-refractivity contribution in [1.82, 2.24) is 5.32 Å². The number of nitrogens with one attached hydrogen (secondary N) is 1. The van der Waals surface area contributed by atoms with Crippen LogP contribution in [0.3, 0.4) is 0 Å². The van der Waals surface area contributed by atoms with Crippen molar-refractivity contribution >= 4 is 16.3 Å². The minimum Gasteiger partial charge on any atom is -0.726 e. The monoisotopic (exact) mass is 498 g/mol. The van der Waals surface area contributed by atoms with Gasteiger partial charge in [-0.2, -0.15) is 0 Å². The predicted molar refractivity (Wildman–Crippen MR) is 123 cm³/mol. The number of carbonyl (C=O) groups is 1. The maximum Gasteiger partial charge on any atom is 0.251 e. The Hall–Kier alpha value is -0.820. The van der Waals surface area contributed by atoms with E-state index in [4.69, 9.17) is 0 Å². The Morgan fingerprint density at radius 3 is 1.64 bits per heavy atom. The molecule has 11 heteroatoms. The van der Waals surface area contributed by atoms with Gasteiger partial charge in [0.2, 0.25) is 10.4 Å². The Morgan fingerprint density at radius 2 is 1.21 bits per heavy atom. The van der Waals surface area contributed by atoms with Gasteiger partial charge in [0.25, 0.3) is 5.91 Å². The SMILES string of the molecule is CCCCCCCCCCCCCCCCNC(=O)[C@H](O)[C@@H](O)[C@H](O)[C@H](O)COS(=O)(=O)[O-]. The summed E-state index contributed by atoms with van der Waals surface area (Å²) in [6.45, 7) is 1.40. The van der Waals surface area contributed by atoms with Crippen molar-refractivity contribution in [3.8, 4) is 0 Å². The number of aliphatic hydroxyl groups is 4. The van der Waals surface area contributed by atoms with Gasteiger partial charge < -0.3 is 30.3 Å². The summed E-state index contributed by atoms with van der Waals surface area (Å²) in [5.74, 6) is -0.930. The van der Waals surface area contributed by atoms with Gasteiger partial charge in [-0.15, -0.1) is 0 Å². The van der Waals surface area contributed by atoms with Gasteiger partial charge >= 0.3 is 0 Å². The van der Waals surface area contributed by atoms with Gasteiger partial charge in [0.05, 0.1) is 6.61 Å². The van der Waals surface area contributed by atoms with E-state index < -0.39 is 47.3 Å². The maximum absolute atomic E-state index is 11.9. The number of hydrogen-bond donors (Lipinski definition) is 5. The van der Waals surface area contributed by atoms with Gasteiger partial charge in [0.15, 0.2) is 6.10 Å². The molecule has 0 aromatic rings. The topological polar surface area (TPSA) is 176 Å². The van der Waals surface area contributed by atoms with Gasteiger partial charge in [-0.3, -0.25) is 8.98 Å². The van der Waals surface area contributed by atoms with Gasteiger partial charge in [-0.1, -0.05) is 90.4 Å². The maximum atomic E-state index is 11.9. The molecule has 0 aliphatic heterocycles. The third-order valence-corrected chi connectivity index (χ3v) is 5.97. The average Bonchev–Trinajstić information content (AvgIpc) is 2.77. The summed E-state index contributed by atoms with van der Waals surface area (Å²) >= 11 is 0. The van der Waals surface area contributed by atoms with E-state index in [0.29, 0.717) is 6.42 Å². The number of aliphatic hydroxyl groups excluding tert-OH is 4. The number of amides is 1. The molecule has 33 heavy (non-hydrogen) atoms. The molecular weight excluding hydrogens is 454 g/mol. The van der Waals surface area contributed by atoms with Crippen molar-refractivity contribution in [3.63, 3.8) is 0 Å². The second-order valence-corrected chi connectivity index (χ2v) is 9.63. The fraction of sp³-hybridized carbons (Fsp3) is 0.955.